The van der Waals surface area contributed by atoms with Crippen LogP contribution in [0, 0.1) is 6.92 Å². The Hall–Kier alpha value is -1.46. The van der Waals surface area contributed by atoms with Gasteiger partial charge in [-0.2, -0.15) is 0 Å². The molecule has 0 aliphatic carbocycles. The third-order valence-corrected chi connectivity index (χ3v) is 3.82. The highest BCUT2D eigenvalue weighted by molar-refractivity contribution is 7.10. The number of nitrogens with one attached hydrogen (secondary N) is 1. The van der Waals surface area contributed by atoms with Crippen LogP contribution in [-0.2, 0) is 13.0 Å². The fourth-order valence-electron chi connectivity index (χ4n) is 1.74. The van der Waals surface area contributed by atoms with Crippen molar-refractivity contribution in [3.8, 4) is 0 Å². The molecule has 2 rings (SSSR count). The van der Waals surface area contributed by atoms with Gasteiger partial charge in [-0.3, -0.25) is 4.79 Å². The van der Waals surface area contributed by atoms with Gasteiger partial charge in [0.1, 0.15) is 5.69 Å². The Kier molecular flexibility index (Phi) is 4.50. The number of aromatic nitrogens is 2. The maximum absolute atomic E-state index is 12.0. The Balaban J connectivity index is 2.05. The van der Waals surface area contributed by atoms with Crippen LogP contribution in [0.15, 0.2) is 17.5 Å². The summed E-state index contributed by atoms with van der Waals surface area (Å²) in [6, 6.07) is 3.70. The van der Waals surface area contributed by atoms with Gasteiger partial charge < -0.3 is 5.32 Å². The Morgan fingerprint density at radius 2 is 2.26 bits per heavy atom. The van der Waals surface area contributed by atoms with Gasteiger partial charge in [0.25, 0.3) is 5.91 Å². The Labute approximate surface area is 120 Å². The molecule has 0 atom stereocenters. The van der Waals surface area contributed by atoms with Gasteiger partial charge in [0.2, 0.25) is 5.28 Å². The van der Waals surface area contributed by atoms with E-state index in [1.807, 2.05) is 5.38 Å². The lowest BCUT2D eigenvalue weighted by molar-refractivity contribution is 0.0946. The molecular weight excluding hydrogens is 282 g/mol. The van der Waals surface area contributed by atoms with E-state index in [9.17, 15) is 4.79 Å². The van der Waals surface area contributed by atoms with Gasteiger partial charge in [0.05, 0.1) is 6.54 Å². The summed E-state index contributed by atoms with van der Waals surface area (Å²) >= 11 is 7.39. The Morgan fingerprint density at radius 1 is 1.47 bits per heavy atom. The maximum Gasteiger partial charge on any atom is 0.270 e. The van der Waals surface area contributed by atoms with Crippen LogP contribution >= 0.6 is 22.9 Å². The molecule has 1 N–H and O–H groups in total. The van der Waals surface area contributed by atoms with Gasteiger partial charge in [-0.05, 0) is 48.0 Å². The zero-order valence-corrected chi connectivity index (χ0v) is 12.3. The smallest absolute Gasteiger partial charge is 0.270 e. The Bertz CT molecular complexity index is 577. The molecule has 0 aromatic carbocycles. The van der Waals surface area contributed by atoms with Gasteiger partial charge in [0.15, 0.2) is 0 Å². The van der Waals surface area contributed by atoms with Gasteiger partial charge in [0, 0.05) is 10.6 Å². The predicted molar refractivity (Wildman–Crippen MR) is 76.6 cm³/mol. The van der Waals surface area contributed by atoms with E-state index in [-0.39, 0.29) is 11.2 Å². The monoisotopic (exact) mass is 295 g/mol. The molecule has 4 nitrogen and oxygen atoms in total. The second-order valence-corrected chi connectivity index (χ2v) is 5.41. The van der Waals surface area contributed by atoms with Gasteiger partial charge in [-0.25, -0.2) is 9.97 Å². The topological polar surface area (TPSA) is 54.9 Å². The zero-order chi connectivity index (χ0) is 13.8. The van der Waals surface area contributed by atoms with Gasteiger partial charge in [-0.15, -0.1) is 11.3 Å². The highest BCUT2D eigenvalue weighted by atomic mass is 35.5. The lowest BCUT2D eigenvalue weighted by Gasteiger charge is -2.05. The molecular formula is C13H14ClN3OS. The van der Waals surface area contributed by atoms with E-state index in [2.05, 4.69) is 28.3 Å². The molecule has 2 heterocycles. The van der Waals surface area contributed by atoms with Crippen molar-refractivity contribution < 1.29 is 4.79 Å². The van der Waals surface area contributed by atoms with Crippen molar-refractivity contribution in [2.45, 2.75) is 26.8 Å². The number of carbonyl (C=O) groups is 1. The third kappa shape index (κ3) is 3.52. The standard InChI is InChI=1S/C13H14ClN3OS/c1-3-9-4-5-19-11(9)7-15-12(18)10-6-8(2)16-13(14)17-10/h4-6H,3,7H2,1-2H3,(H,15,18). The second kappa shape index (κ2) is 6.12. The van der Waals surface area contributed by atoms with Crippen LogP contribution in [-0.4, -0.2) is 15.9 Å². The second-order valence-electron chi connectivity index (χ2n) is 4.07. The Morgan fingerprint density at radius 3 is 2.95 bits per heavy atom. The summed E-state index contributed by atoms with van der Waals surface area (Å²) in [4.78, 5) is 21.0. The number of hydrogen-bond acceptors (Lipinski definition) is 4. The molecule has 1 amide bonds. The van der Waals surface area contributed by atoms with E-state index in [1.165, 1.54) is 10.4 Å². The lowest BCUT2D eigenvalue weighted by atomic mass is 10.2. The molecule has 2 aromatic rings. The zero-order valence-electron chi connectivity index (χ0n) is 10.7. The van der Waals surface area contributed by atoms with Crippen LogP contribution in [0.4, 0.5) is 0 Å². The molecule has 2 aromatic heterocycles. The first kappa shape index (κ1) is 14.0. The van der Waals surface area contributed by atoms with E-state index in [0.717, 1.165) is 6.42 Å². The molecule has 0 saturated carbocycles. The number of amides is 1. The van der Waals surface area contributed by atoms with Gasteiger partial charge in [-0.1, -0.05) is 6.92 Å². The van der Waals surface area contributed by atoms with Crippen LogP contribution in [0.25, 0.3) is 0 Å². The first-order valence-electron chi connectivity index (χ1n) is 5.94. The highest BCUT2D eigenvalue weighted by Crippen LogP contribution is 2.17. The quantitative estimate of drug-likeness (QED) is 0.882. The molecule has 19 heavy (non-hydrogen) atoms. The summed E-state index contributed by atoms with van der Waals surface area (Å²) in [5.74, 6) is -0.233. The minimum absolute atomic E-state index is 0.0931. The van der Waals surface area contributed by atoms with Crippen LogP contribution in [0.2, 0.25) is 5.28 Å². The molecule has 100 valence electrons. The summed E-state index contributed by atoms with van der Waals surface area (Å²) in [5.41, 5.74) is 2.24. The number of rotatable bonds is 4. The van der Waals surface area contributed by atoms with Crippen LogP contribution in [0.1, 0.15) is 33.5 Å². The largest absolute Gasteiger partial charge is 0.346 e. The normalized spacial score (nSPS) is 10.5. The minimum atomic E-state index is -0.233. The molecule has 0 bridgehead atoms. The van der Waals surface area contributed by atoms with Crippen LogP contribution in [0.3, 0.4) is 0 Å². The van der Waals surface area contributed by atoms with E-state index >= 15 is 0 Å². The average molecular weight is 296 g/mol. The molecule has 0 radical (unpaired) electrons. The van der Waals surface area contributed by atoms with Crippen molar-refractivity contribution in [3.05, 3.63) is 44.6 Å². The SMILES string of the molecule is CCc1ccsc1CNC(=O)c1cc(C)nc(Cl)n1. The number of halogens is 1. The number of hydrogen-bond donors (Lipinski definition) is 1. The number of thiophene rings is 1. The third-order valence-electron chi connectivity index (χ3n) is 2.69. The molecule has 0 aliphatic rings. The first-order valence-corrected chi connectivity index (χ1v) is 7.20. The van der Waals surface area contributed by atoms with E-state index < -0.39 is 0 Å². The van der Waals surface area contributed by atoms with Crippen molar-refractivity contribution in [2.24, 2.45) is 0 Å². The van der Waals surface area contributed by atoms with Crippen LogP contribution in [0.5, 0.6) is 0 Å². The number of carbonyl (C=O) groups excluding carboxylic acids is 1. The molecule has 0 fully saturated rings. The molecule has 0 aliphatic heterocycles. The molecule has 6 heteroatoms. The predicted octanol–water partition coefficient (Wildman–Crippen LogP) is 2.99. The summed E-state index contributed by atoms with van der Waals surface area (Å²) in [6.45, 7) is 4.39. The van der Waals surface area contributed by atoms with Crippen molar-refractivity contribution in [1.82, 2.24) is 15.3 Å². The van der Waals surface area contributed by atoms with Crippen molar-refractivity contribution in [1.29, 1.82) is 0 Å². The van der Waals surface area contributed by atoms with Crippen molar-refractivity contribution >= 4 is 28.8 Å². The summed E-state index contributed by atoms with van der Waals surface area (Å²) < 4.78 is 0. The van der Waals surface area contributed by atoms with Crippen LogP contribution < -0.4 is 5.32 Å². The van der Waals surface area contributed by atoms with E-state index in [4.69, 9.17) is 11.6 Å². The minimum Gasteiger partial charge on any atom is -0.346 e. The maximum atomic E-state index is 12.0. The highest BCUT2D eigenvalue weighted by Gasteiger charge is 2.11. The lowest BCUT2D eigenvalue weighted by Crippen LogP contribution is -2.24. The molecule has 0 saturated heterocycles. The molecule has 0 unspecified atom stereocenters. The summed E-state index contributed by atoms with van der Waals surface area (Å²) in [6.07, 6.45) is 0.965. The van der Waals surface area contributed by atoms with Gasteiger partial charge >= 0.3 is 0 Å². The first-order chi connectivity index (χ1) is 9.10. The van der Waals surface area contributed by atoms with E-state index in [0.29, 0.717) is 17.9 Å². The summed E-state index contributed by atoms with van der Waals surface area (Å²) in [5, 5.41) is 4.98. The fourth-order valence-corrected chi connectivity index (χ4v) is 2.88. The summed E-state index contributed by atoms with van der Waals surface area (Å²) in [7, 11) is 0. The number of aryl methyl sites for hydroxylation is 2. The van der Waals surface area contributed by atoms with Crippen molar-refractivity contribution in [2.75, 3.05) is 0 Å². The molecule has 0 spiro atoms. The van der Waals surface area contributed by atoms with Crippen molar-refractivity contribution in [3.63, 3.8) is 0 Å². The number of nitrogens with zero attached hydrogens (tertiary/aromatic N) is 2. The average Bonchev–Trinajstić information content (AvgIpc) is 2.82. The fraction of sp³-hybridized carbons (Fsp3) is 0.308. The van der Waals surface area contributed by atoms with E-state index in [1.54, 1.807) is 24.3 Å².